The molecule has 2 saturated heterocycles. The van der Waals surface area contributed by atoms with Crippen LogP contribution >= 0.6 is 0 Å². The summed E-state index contributed by atoms with van der Waals surface area (Å²) in [6, 6.07) is 0. The Morgan fingerprint density at radius 2 is 1.81 bits per heavy atom. The van der Waals surface area contributed by atoms with Crippen LogP contribution in [0.1, 0.15) is 66.2 Å². The fourth-order valence-electron chi connectivity index (χ4n) is 7.12. The van der Waals surface area contributed by atoms with Crippen molar-refractivity contribution in [3.63, 3.8) is 0 Å². The van der Waals surface area contributed by atoms with Gasteiger partial charge >= 0.3 is 11.9 Å². The van der Waals surface area contributed by atoms with Crippen molar-refractivity contribution in [3.05, 3.63) is 0 Å². The van der Waals surface area contributed by atoms with E-state index >= 15 is 0 Å². The van der Waals surface area contributed by atoms with Crippen molar-refractivity contribution in [2.45, 2.75) is 90.3 Å². The molecule has 2 bridgehead atoms. The molecule has 7 atom stereocenters. The van der Waals surface area contributed by atoms with Crippen molar-refractivity contribution >= 4 is 11.9 Å². The lowest BCUT2D eigenvalue weighted by atomic mass is 9.45. The van der Waals surface area contributed by atoms with Crippen LogP contribution in [0.5, 0.6) is 0 Å². The molecule has 2 saturated carbocycles. The Kier molecular flexibility index (Phi) is 4.39. The smallest absolute Gasteiger partial charge is 0.337 e. The van der Waals surface area contributed by atoms with Crippen molar-refractivity contribution in [1.82, 2.24) is 0 Å². The van der Waals surface area contributed by atoms with E-state index in [4.69, 9.17) is 18.9 Å². The third-order valence-corrected chi connectivity index (χ3v) is 7.78. The summed E-state index contributed by atoms with van der Waals surface area (Å²) in [5.74, 6) is -1.07. The van der Waals surface area contributed by atoms with Gasteiger partial charge in [-0.1, -0.05) is 27.2 Å². The normalized spacial score (nSPS) is 47.5. The molecular weight excluding hydrogens is 348 g/mol. The maximum atomic E-state index is 12.2. The molecule has 0 amide bonds. The number of fused-ring (bicyclic) bond motifs is 3. The molecule has 2 heterocycles. The fraction of sp³-hybridized carbons (Fsp3) is 0.905. The van der Waals surface area contributed by atoms with E-state index in [0.29, 0.717) is 6.42 Å². The molecule has 6 nitrogen and oxygen atoms in total. The van der Waals surface area contributed by atoms with Gasteiger partial charge in [-0.15, -0.1) is 0 Å². The van der Waals surface area contributed by atoms with Gasteiger partial charge in [0.1, 0.15) is 6.10 Å². The molecule has 4 rings (SSSR count). The van der Waals surface area contributed by atoms with Crippen LogP contribution in [0, 0.1) is 22.7 Å². The van der Waals surface area contributed by atoms with Gasteiger partial charge in [-0.05, 0) is 36.5 Å². The van der Waals surface area contributed by atoms with Gasteiger partial charge in [0.15, 0.2) is 11.9 Å². The van der Waals surface area contributed by atoms with E-state index in [2.05, 4.69) is 20.8 Å². The van der Waals surface area contributed by atoms with Crippen LogP contribution in [0.15, 0.2) is 0 Å². The summed E-state index contributed by atoms with van der Waals surface area (Å²) in [5, 5.41) is 0. The SMILES string of the molecule is COC(=O)[C@H]1O[C@]23C[C@H](OC(C)=O)[C@H]4C(C)(C)CCC[C@]4(C)[C@H]2CC[C@H]1O3. The molecule has 6 heteroatoms. The average Bonchev–Trinajstić information content (AvgIpc) is 2.83. The van der Waals surface area contributed by atoms with Crippen LogP contribution < -0.4 is 0 Å². The summed E-state index contributed by atoms with van der Waals surface area (Å²) in [6.45, 7) is 8.37. The monoisotopic (exact) mass is 380 g/mol. The van der Waals surface area contributed by atoms with E-state index in [9.17, 15) is 9.59 Å². The van der Waals surface area contributed by atoms with E-state index in [0.717, 1.165) is 32.1 Å². The Hall–Kier alpha value is -1.14. The number of rotatable bonds is 2. The highest BCUT2D eigenvalue weighted by molar-refractivity contribution is 5.75. The molecule has 0 radical (unpaired) electrons. The second-order valence-corrected chi connectivity index (χ2v) is 9.84. The number of esters is 2. The van der Waals surface area contributed by atoms with Crippen molar-refractivity contribution in [2.24, 2.45) is 22.7 Å². The predicted molar refractivity (Wildman–Crippen MR) is 96.6 cm³/mol. The molecule has 0 N–H and O–H groups in total. The van der Waals surface area contributed by atoms with Crippen molar-refractivity contribution in [1.29, 1.82) is 0 Å². The molecule has 0 aromatic carbocycles. The van der Waals surface area contributed by atoms with Gasteiger partial charge in [0.25, 0.3) is 0 Å². The van der Waals surface area contributed by atoms with Crippen molar-refractivity contribution < 1.29 is 28.5 Å². The van der Waals surface area contributed by atoms with Crippen LogP contribution in [0.3, 0.4) is 0 Å². The third kappa shape index (κ3) is 2.74. The van der Waals surface area contributed by atoms with Gasteiger partial charge in [0, 0.05) is 25.2 Å². The Bertz CT molecular complexity index is 645. The van der Waals surface area contributed by atoms with Gasteiger partial charge < -0.3 is 18.9 Å². The lowest BCUT2D eigenvalue weighted by Gasteiger charge is -2.64. The Labute approximate surface area is 161 Å². The number of methoxy groups -OCH3 is 1. The summed E-state index contributed by atoms with van der Waals surface area (Å²) in [4.78, 5) is 24.1. The van der Waals surface area contributed by atoms with Gasteiger partial charge in [-0.2, -0.15) is 0 Å². The van der Waals surface area contributed by atoms with E-state index in [-0.39, 0.29) is 46.8 Å². The minimum absolute atomic E-state index is 0.0594. The van der Waals surface area contributed by atoms with E-state index in [1.54, 1.807) is 0 Å². The average molecular weight is 380 g/mol. The number of hydrogen-bond acceptors (Lipinski definition) is 6. The standard InChI is InChI=1S/C21H32O6/c1-12(22)25-14-11-21-15(20(4)10-6-9-19(2,3)17(14)20)8-7-13(26-21)16(27-21)18(23)24-5/h13-17H,6-11H2,1-5H3/t13-,14+,15-,16+,17+,20-,21-/m1/s1. The van der Waals surface area contributed by atoms with E-state index in [1.807, 2.05) is 0 Å². The highest BCUT2D eigenvalue weighted by atomic mass is 16.8. The lowest BCUT2D eigenvalue weighted by molar-refractivity contribution is -0.318. The van der Waals surface area contributed by atoms with Crippen LogP contribution in [0.25, 0.3) is 0 Å². The molecule has 0 unspecified atom stereocenters. The first-order valence-corrected chi connectivity index (χ1v) is 10.2. The topological polar surface area (TPSA) is 71.1 Å². The molecule has 1 spiro atoms. The molecule has 0 aromatic heterocycles. The second kappa shape index (κ2) is 6.18. The maximum absolute atomic E-state index is 12.2. The minimum Gasteiger partial charge on any atom is -0.467 e. The van der Waals surface area contributed by atoms with Crippen molar-refractivity contribution in [2.75, 3.05) is 7.11 Å². The molecule has 4 aliphatic rings. The zero-order valence-corrected chi connectivity index (χ0v) is 17.1. The Morgan fingerprint density at radius 3 is 2.48 bits per heavy atom. The lowest BCUT2D eigenvalue weighted by Crippen LogP contribution is -2.65. The number of hydrogen-bond donors (Lipinski definition) is 0. The first kappa shape index (κ1) is 19.2. The predicted octanol–water partition coefficient (Wildman–Crippen LogP) is 3.22. The fourth-order valence-corrected chi connectivity index (χ4v) is 7.12. The summed E-state index contributed by atoms with van der Waals surface area (Å²) < 4.78 is 23.5. The van der Waals surface area contributed by atoms with Crippen LogP contribution in [0.2, 0.25) is 0 Å². The van der Waals surface area contributed by atoms with Crippen molar-refractivity contribution in [3.8, 4) is 0 Å². The number of carbonyl (C=O) groups excluding carboxylic acids is 2. The highest BCUT2D eigenvalue weighted by Gasteiger charge is 2.70. The first-order chi connectivity index (χ1) is 12.6. The quantitative estimate of drug-likeness (QED) is 0.685. The molecule has 2 aliphatic carbocycles. The molecule has 2 aliphatic heterocycles. The molecule has 0 aromatic rings. The van der Waals surface area contributed by atoms with Gasteiger partial charge in [0.2, 0.25) is 0 Å². The zero-order valence-electron chi connectivity index (χ0n) is 17.1. The van der Waals surface area contributed by atoms with E-state index < -0.39 is 11.9 Å². The van der Waals surface area contributed by atoms with E-state index in [1.165, 1.54) is 14.0 Å². The van der Waals surface area contributed by atoms with Gasteiger partial charge in [-0.25, -0.2) is 4.79 Å². The molecule has 152 valence electrons. The maximum Gasteiger partial charge on any atom is 0.337 e. The molecule has 4 fully saturated rings. The van der Waals surface area contributed by atoms with Gasteiger partial charge in [0.05, 0.1) is 13.2 Å². The summed E-state index contributed by atoms with van der Waals surface area (Å²) in [7, 11) is 1.38. The Balaban J connectivity index is 1.75. The van der Waals surface area contributed by atoms with Gasteiger partial charge in [-0.3, -0.25) is 4.79 Å². The largest absolute Gasteiger partial charge is 0.467 e. The summed E-state index contributed by atoms with van der Waals surface area (Å²) in [5.41, 5.74) is 0.0159. The molecular formula is C21H32O6. The molecule has 27 heavy (non-hydrogen) atoms. The Morgan fingerprint density at radius 1 is 1.07 bits per heavy atom. The number of ether oxygens (including phenoxy) is 4. The zero-order chi connectivity index (χ0) is 19.6. The third-order valence-electron chi connectivity index (χ3n) is 7.78. The van der Waals surface area contributed by atoms with Crippen LogP contribution in [-0.4, -0.2) is 43.1 Å². The summed E-state index contributed by atoms with van der Waals surface area (Å²) >= 11 is 0. The highest BCUT2D eigenvalue weighted by Crippen LogP contribution is 2.67. The second-order valence-electron chi connectivity index (χ2n) is 9.84. The minimum atomic E-state index is -0.861. The summed E-state index contributed by atoms with van der Waals surface area (Å²) in [6.07, 6.45) is 4.35. The van der Waals surface area contributed by atoms with Crippen LogP contribution in [0.4, 0.5) is 0 Å². The number of carbonyl (C=O) groups is 2. The van der Waals surface area contributed by atoms with Crippen LogP contribution in [-0.2, 0) is 28.5 Å². The first-order valence-electron chi connectivity index (χ1n) is 10.2.